The second-order valence-corrected chi connectivity index (χ2v) is 21.2. The summed E-state index contributed by atoms with van der Waals surface area (Å²) in [6, 6.07) is 29.7. The lowest BCUT2D eigenvalue weighted by Gasteiger charge is -2.51. The third-order valence-corrected chi connectivity index (χ3v) is 12.6. The van der Waals surface area contributed by atoms with Gasteiger partial charge in [-0.2, -0.15) is 0 Å². The average Bonchev–Trinajstić information content (AvgIpc) is 3.07. The molecule has 296 valence electrons. The van der Waals surface area contributed by atoms with Gasteiger partial charge in [-0.1, -0.05) is 133 Å². The van der Waals surface area contributed by atoms with E-state index in [4.69, 9.17) is 4.74 Å². The first kappa shape index (κ1) is 39.2. The van der Waals surface area contributed by atoms with E-state index in [2.05, 4.69) is 180 Å². The van der Waals surface area contributed by atoms with Crippen molar-refractivity contribution in [1.82, 2.24) is 0 Å². The Balaban J connectivity index is 1.55. The van der Waals surface area contributed by atoms with E-state index in [0.717, 1.165) is 28.2 Å². The van der Waals surface area contributed by atoms with E-state index in [9.17, 15) is 13.2 Å². The van der Waals surface area contributed by atoms with Crippen LogP contribution < -0.4 is 30.9 Å². The minimum absolute atomic E-state index is 0.0739. The van der Waals surface area contributed by atoms with Crippen molar-refractivity contribution in [3.63, 3.8) is 0 Å². The molecule has 0 unspecified atom stereocenters. The van der Waals surface area contributed by atoms with Crippen LogP contribution in [0.1, 0.15) is 130 Å². The van der Waals surface area contributed by atoms with Gasteiger partial charge < -0.3 is 14.5 Å². The fourth-order valence-corrected chi connectivity index (χ4v) is 9.22. The van der Waals surface area contributed by atoms with Gasteiger partial charge in [-0.3, -0.25) is 0 Å². The summed E-state index contributed by atoms with van der Waals surface area (Å²) in [6.07, 6.45) is -4.88. The molecule has 3 nitrogen and oxygen atoms in total. The Labute approximate surface area is 338 Å². The van der Waals surface area contributed by atoms with Gasteiger partial charge in [-0.15, -0.1) is 13.2 Å². The van der Waals surface area contributed by atoms with Crippen LogP contribution in [0.15, 0.2) is 84.9 Å². The molecular weight excluding hydrogens is 712 g/mol. The fourth-order valence-electron chi connectivity index (χ4n) is 9.22. The summed E-state index contributed by atoms with van der Waals surface area (Å²) in [5.74, 6) is -0.244. The highest BCUT2D eigenvalue weighted by Gasteiger charge is 2.52. The van der Waals surface area contributed by atoms with Gasteiger partial charge in [0.15, 0.2) is 0 Å². The number of benzene rings is 5. The second kappa shape index (κ2) is 12.2. The summed E-state index contributed by atoms with van der Waals surface area (Å²) in [4.78, 5) is 4.41. The highest BCUT2D eigenvalue weighted by atomic mass is 19.4. The Morgan fingerprint density at radius 2 is 0.789 bits per heavy atom. The van der Waals surface area contributed by atoms with Gasteiger partial charge in [0.1, 0.15) is 5.75 Å². The van der Waals surface area contributed by atoms with E-state index in [-0.39, 0.29) is 34.1 Å². The van der Waals surface area contributed by atoms with Crippen molar-refractivity contribution in [2.24, 2.45) is 0 Å². The van der Waals surface area contributed by atoms with E-state index in [0.29, 0.717) is 11.4 Å². The summed E-state index contributed by atoms with van der Waals surface area (Å²) < 4.78 is 48.1. The van der Waals surface area contributed by atoms with Crippen molar-refractivity contribution in [3.8, 4) is 5.75 Å². The molecule has 0 radical (unpaired) electrons. The van der Waals surface area contributed by atoms with E-state index in [1.165, 1.54) is 44.3 Å². The lowest BCUT2D eigenvalue weighted by Crippen LogP contribution is -2.67. The molecule has 0 N–H and O–H groups in total. The van der Waals surface area contributed by atoms with Crippen LogP contribution in [0.4, 0.5) is 47.3 Å². The van der Waals surface area contributed by atoms with Crippen LogP contribution in [0.5, 0.6) is 5.75 Å². The number of hydrogen-bond acceptors (Lipinski definition) is 3. The van der Waals surface area contributed by atoms with Gasteiger partial charge in [-0.25, -0.2) is 0 Å². The lowest BCUT2D eigenvalue weighted by atomic mass is 9.28. The van der Waals surface area contributed by atoms with Gasteiger partial charge in [0.25, 0.3) is 6.71 Å². The summed E-state index contributed by atoms with van der Waals surface area (Å²) in [5, 5.41) is 0. The predicted molar refractivity (Wildman–Crippen MR) is 234 cm³/mol. The van der Waals surface area contributed by atoms with Crippen LogP contribution in [0, 0.1) is 0 Å². The Bertz CT molecular complexity index is 2280. The molecule has 7 heteroatoms. The molecule has 0 saturated carbocycles. The second-order valence-electron chi connectivity index (χ2n) is 21.2. The molecule has 0 aliphatic carbocycles. The summed E-state index contributed by atoms with van der Waals surface area (Å²) in [7, 11) is 0. The summed E-state index contributed by atoms with van der Waals surface area (Å²) in [5.41, 5.74) is 14.9. The van der Waals surface area contributed by atoms with Crippen LogP contribution in [0.25, 0.3) is 0 Å². The maximum absolute atomic E-state index is 14.4. The minimum Gasteiger partial charge on any atom is -0.406 e. The van der Waals surface area contributed by atoms with Crippen LogP contribution in [0.2, 0.25) is 0 Å². The maximum Gasteiger partial charge on any atom is 0.573 e. The number of anilines is 6. The maximum atomic E-state index is 14.4. The Kier molecular flexibility index (Phi) is 8.38. The molecule has 0 saturated heterocycles. The van der Waals surface area contributed by atoms with Crippen LogP contribution in [-0.4, -0.2) is 13.1 Å². The van der Waals surface area contributed by atoms with Crippen molar-refractivity contribution in [2.45, 2.75) is 130 Å². The quantitative estimate of drug-likeness (QED) is 0.167. The number of rotatable bonds is 3. The molecule has 5 aromatic rings. The van der Waals surface area contributed by atoms with Gasteiger partial charge >= 0.3 is 6.36 Å². The first-order chi connectivity index (χ1) is 26.2. The molecule has 0 spiro atoms. The van der Waals surface area contributed by atoms with Crippen LogP contribution in [-0.2, 0) is 27.1 Å². The zero-order chi connectivity index (χ0) is 41.6. The number of ether oxygens (including phenoxy) is 1. The Morgan fingerprint density at radius 1 is 0.456 bits per heavy atom. The van der Waals surface area contributed by atoms with Gasteiger partial charge in [-0.05, 0) is 108 Å². The molecule has 0 amide bonds. The first-order valence-corrected chi connectivity index (χ1v) is 20.3. The van der Waals surface area contributed by atoms with E-state index < -0.39 is 11.8 Å². The van der Waals surface area contributed by atoms with Crippen LogP contribution in [0.3, 0.4) is 0 Å². The van der Waals surface area contributed by atoms with Gasteiger partial charge in [0, 0.05) is 51.7 Å². The van der Waals surface area contributed by atoms with Gasteiger partial charge in [0.05, 0.1) is 0 Å². The SMILES string of the molecule is CC(C)(C)c1ccc(N2c3cc(OC(F)(F)F)cc4c3B3c5c2cc(C(C)(C)C)cc5C(C)(C)c2cc(C(C)(C)C)cc(c23)N4c2ccc(C(C)(C)C)cc2)cc1. The predicted octanol–water partition coefficient (Wildman–Crippen LogP) is 12.5. The molecule has 5 aromatic carbocycles. The number of alkyl halides is 3. The molecule has 3 aliphatic heterocycles. The van der Waals surface area contributed by atoms with Crippen molar-refractivity contribution >= 4 is 57.2 Å². The first-order valence-electron chi connectivity index (χ1n) is 20.3. The highest BCUT2D eigenvalue weighted by Crippen LogP contribution is 2.52. The molecule has 0 bridgehead atoms. The molecule has 3 aliphatic rings. The molecule has 0 aromatic heterocycles. The van der Waals surface area contributed by atoms with Gasteiger partial charge in [0.2, 0.25) is 0 Å². The van der Waals surface area contributed by atoms with E-state index >= 15 is 0 Å². The van der Waals surface area contributed by atoms with Crippen molar-refractivity contribution in [3.05, 3.63) is 118 Å². The zero-order valence-corrected chi connectivity index (χ0v) is 36.1. The molecule has 3 heterocycles. The highest BCUT2D eigenvalue weighted by molar-refractivity contribution is 7.01. The topological polar surface area (TPSA) is 15.7 Å². The molecule has 0 fully saturated rings. The number of hydrogen-bond donors (Lipinski definition) is 0. The third-order valence-electron chi connectivity index (χ3n) is 12.6. The monoisotopic (exact) mass is 768 g/mol. The normalized spacial score (nSPS) is 15.8. The Morgan fingerprint density at radius 3 is 1.11 bits per heavy atom. The van der Waals surface area contributed by atoms with Crippen molar-refractivity contribution < 1.29 is 17.9 Å². The minimum atomic E-state index is -4.88. The smallest absolute Gasteiger partial charge is 0.406 e. The third kappa shape index (κ3) is 6.35. The Hall–Kier alpha value is -4.65. The van der Waals surface area contributed by atoms with Crippen molar-refractivity contribution in [2.75, 3.05) is 9.80 Å². The van der Waals surface area contributed by atoms with Crippen molar-refractivity contribution in [1.29, 1.82) is 0 Å². The molecular formula is C50H56BF3N2O. The largest absolute Gasteiger partial charge is 0.573 e. The van der Waals surface area contributed by atoms with E-state index in [1.807, 2.05) is 0 Å². The molecule has 0 atom stereocenters. The summed E-state index contributed by atoms with van der Waals surface area (Å²) >= 11 is 0. The molecule has 8 rings (SSSR count). The standard InChI is InChI=1S/C50H56BF3N2O/c1-45(2,3)29-15-19-33(20-16-29)55-38-25-31(47(7,8)9)23-36-42(38)51-43-37(49(36,13)14)24-32(48(10,11)12)26-39(43)56(34-21-17-30(18-22-34)46(4,5)6)41-28-35(57-50(52,53)54)27-40(55)44(41)51/h15-28H,1-14H3. The average molecular weight is 769 g/mol. The summed E-state index contributed by atoms with van der Waals surface area (Å²) in [6.45, 7) is 31.0. The zero-order valence-electron chi connectivity index (χ0n) is 36.1. The number of nitrogens with zero attached hydrogens (tertiary/aromatic N) is 2. The number of halogens is 3. The fraction of sp³-hybridized carbons (Fsp3) is 0.400. The van der Waals surface area contributed by atoms with Crippen LogP contribution >= 0.6 is 0 Å². The molecule has 57 heavy (non-hydrogen) atoms. The van der Waals surface area contributed by atoms with E-state index in [1.54, 1.807) is 12.1 Å². The lowest BCUT2D eigenvalue weighted by molar-refractivity contribution is -0.274.